The van der Waals surface area contributed by atoms with Gasteiger partial charge in [-0.25, -0.2) is 9.98 Å². The van der Waals surface area contributed by atoms with Gasteiger partial charge in [-0.05, 0) is 49.6 Å². The van der Waals surface area contributed by atoms with Crippen molar-refractivity contribution in [2.45, 2.75) is 32.4 Å². The van der Waals surface area contributed by atoms with Crippen LogP contribution in [0.4, 0.5) is 11.5 Å². The number of aliphatic imine (C=N–C) groups is 1. The zero-order valence-corrected chi connectivity index (χ0v) is 22.1. The Bertz CT molecular complexity index is 1050. The van der Waals surface area contributed by atoms with Crippen LogP contribution in [0.15, 0.2) is 65.7 Å². The van der Waals surface area contributed by atoms with Gasteiger partial charge in [0, 0.05) is 50.8 Å². The van der Waals surface area contributed by atoms with Crippen LogP contribution in [0, 0.1) is 0 Å². The van der Waals surface area contributed by atoms with Crippen molar-refractivity contribution < 1.29 is 0 Å². The molecule has 2 heterocycles. The number of hydrogen-bond donors (Lipinski definition) is 2. The number of rotatable bonds is 6. The second-order valence-corrected chi connectivity index (χ2v) is 8.49. The molecule has 0 amide bonds. The van der Waals surface area contributed by atoms with Gasteiger partial charge in [0.25, 0.3) is 0 Å². The molecule has 6 nitrogen and oxygen atoms in total. The van der Waals surface area contributed by atoms with Crippen LogP contribution in [-0.2, 0) is 6.54 Å². The Morgan fingerprint density at radius 2 is 1.76 bits per heavy atom. The highest BCUT2D eigenvalue weighted by molar-refractivity contribution is 14.0. The van der Waals surface area contributed by atoms with Crippen molar-refractivity contribution in [3.63, 3.8) is 0 Å². The lowest BCUT2D eigenvalue weighted by atomic mass is 10.0. The molecule has 33 heavy (non-hydrogen) atoms. The van der Waals surface area contributed by atoms with Crippen LogP contribution in [0.2, 0.25) is 0 Å². The van der Waals surface area contributed by atoms with Gasteiger partial charge < -0.3 is 20.4 Å². The lowest BCUT2D eigenvalue weighted by Gasteiger charge is -2.34. The van der Waals surface area contributed by atoms with Gasteiger partial charge in [-0.1, -0.05) is 36.4 Å². The Morgan fingerprint density at radius 3 is 2.45 bits per heavy atom. The van der Waals surface area contributed by atoms with Gasteiger partial charge in [0.1, 0.15) is 5.82 Å². The maximum atomic E-state index is 4.94. The number of para-hydroxylation sites is 2. The average molecular weight is 559 g/mol. The van der Waals surface area contributed by atoms with Gasteiger partial charge in [0.15, 0.2) is 5.96 Å². The molecule has 3 aromatic rings. The molecule has 0 radical (unpaired) electrons. The summed E-state index contributed by atoms with van der Waals surface area (Å²) in [6.45, 7) is 5.68. The third kappa shape index (κ3) is 6.50. The monoisotopic (exact) mass is 558 g/mol. The molecular weight excluding hydrogens is 523 g/mol. The van der Waals surface area contributed by atoms with Crippen molar-refractivity contribution in [1.82, 2.24) is 15.6 Å². The molecule has 1 aromatic heterocycles. The minimum atomic E-state index is 0. The predicted octanol–water partition coefficient (Wildman–Crippen LogP) is 4.64. The van der Waals surface area contributed by atoms with Gasteiger partial charge >= 0.3 is 0 Å². The SMILES string of the molecule is CCNC(=NCc1cc(N(C)C)nc2ccccc12)NC1CCN(c2ccccc2)CC1.I. The van der Waals surface area contributed by atoms with E-state index in [1.165, 1.54) is 11.3 Å². The molecule has 2 N–H and O–H groups in total. The summed E-state index contributed by atoms with van der Waals surface area (Å²) in [5.74, 6) is 1.85. The highest BCUT2D eigenvalue weighted by Crippen LogP contribution is 2.23. The molecule has 1 aliphatic rings. The minimum Gasteiger partial charge on any atom is -0.371 e. The summed E-state index contributed by atoms with van der Waals surface area (Å²) in [4.78, 5) is 14.2. The largest absolute Gasteiger partial charge is 0.371 e. The van der Waals surface area contributed by atoms with Crippen molar-refractivity contribution in [2.75, 3.05) is 43.5 Å². The number of fused-ring (bicyclic) bond motifs is 1. The zero-order chi connectivity index (χ0) is 22.3. The van der Waals surface area contributed by atoms with E-state index < -0.39 is 0 Å². The van der Waals surface area contributed by atoms with E-state index in [-0.39, 0.29) is 24.0 Å². The van der Waals surface area contributed by atoms with Crippen molar-refractivity contribution in [1.29, 1.82) is 0 Å². The van der Waals surface area contributed by atoms with E-state index in [1.807, 2.05) is 25.1 Å². The molecule has 0 saturated carbocycles. The summed E-state index contributed by atoms with van der Waals surface area (Å²) in [5.41, 5.74) is 3.51. The first-order valence-electron chi connectivity index (χ1n) is 11.5. The van der Waals surface area contributed by atoms with Crippen LogP contribution < -0.4 is 20.4 Å². The van der Waals surface area contributed by atoms with Crippen molar-refractivity contribution in [3.8, 4) is 0 Å². The highest BCUT2D eigenvalue weighted by atomic mass is 127. The Morgan fingerprint density at radius 1 is 1.06 bits per heavy atom. The average Bonchev–Trinajstić information content (AvgIpc) is 2.83. The number of guanidine groups is 1. The first-order valence-corrected chi connectivity index (χ1v) is 11.5. The maximum absolute atomic E-state index is 4.94. The van der Waals surface area contributed by atoms with E-state index >= 15 is 0 Å². The molecule has 0 bridgehead atoms. The van der Waals surface area contributed by atoms with Crippen LogP contribution in [0.5, 0.6) is 0 Å². The standard InChI is InChI=1S/C26H34N6.HI/c1-4-27-26(29-21-14-16-32(17-15-21)22-10-6-5-7-11-22)28-19-20-18-25(31(2)3)30-24-13-9-8-12-23(20)24;/h5-13,18,21H,4,14-17,19H2,1-3H3,(H2,27,28,29);1H. The van der Waals surface area contributed by atoms with Crippen LogP contribution in [-0.4, -0.2) is 50.7 Å². The minimum absolute atomic E-state index is 0. The molecule has 0 spiro atoms. The first-order chi connectivity index (χ1) is 15.6. The van der Waals surface area contributed by atoms with Gasteiger partial charge in [0.05, 0.1) is 12.1 Å². The number of benzene rings is 2. The van der Waals surface area contributed by atoms with Gasteiger partial charge in [0.2, 0.25) is 0 Å². The summed E-state index contributed by atoms with van der Waals surface area (Å²) in [5, 5.41) is 8.26. The lowest BCUT2D eigenvalue weighted by molar-refractivity contribution is 0.461. The van der Waals surface area contributed by atoms with Crippen LogP contribution >= 0.6 is 24.0 Å². The van der Waals surface area contributed by atoms with Crippen LogP contribution in [0.3, 0.4) is 0 Å². The molecule has 0 aliphatic carbocycles. The Labute approximate surface area is 214 Å². The topological polar surface area (TPSA) is 55.8 Å². The van der Waals surface area contributed by atoms with Crippen molar-refractivity contribution >= 4 is 52.3 Å². The fourth-order valence-corrected chi connectivity index (χ4v) is 4.19. The normalized spacial score (nSPS) is 14.6. The van der Waals surface area contributed by atoms with Gasteiger partial charge in [-0.3, -0.25) is 0 Å². The first kappa shape index (κ1) is 25.1. The van der Waals surface area contributed by atoms with Crippen LogP contribution in [0.25, 0.3) is 10.9 Å². The maximum Gasteiger partial charge on any atom is 0.191 e. The van der Waals surface area contributed by atoms with E-state index in [9.17, 15) is 0 Å². The molecule has 1 aliphatic heterocycles. The van der Waals surface area contributed by atoms with Crippen LogP contribution in [0.1, 0.15) is 25.3 Å². The van der Waals surface area contributed by atoms with E-state index in [1.54, 1.807) is 0 Å². The molecule has 1 saturated heterocycles. The molecule has 2 aromatic carbocycles. The molecule has 7 heteroatoms. The van der Waals surface area contributed by atoms with E-state index in [0.717, 1.165) is 55.2 Å². The lowest BCUT2D eigenvalue weighted by Crippen LogP contribution is -2.48. The number of pyridine rings is 1. The van der Waals surface area contributed by atoms with Gasteiger partial charge in [-0.2, -0.15) is 0 Å². The quantitative estimate of drug-likeness (QED) is 0.262. The smallest absolute Gasteiger partial charge is 0.191 e. The predicted molar refractivity (Wildman–Crippen MR) is 151 cm³/mol. The summed E-state index contributed by atoms with van der Waals surface area (Å²) >= 11 is 0. The van der Waals surface area contributed by atoms with E-state index in [0.29, 0.717) is 12.6 Å². The van der Waals surface area contributed by atoms with Crippen molar-refractivity contribution in [2.24, 2.45) is 4.99 Å². The number of nitrogens with zero attached hydrogens (tertiary/aromatic N) is 4. The Hall–Kier alpha value is -2.55. The molecule has 1 fully saturated rings. The second-order valence-electron chi connectivity index (χ2n) is 8.49. The molecule has 0 atom stereocenters. The number of anilines is 2. The third-order valence-corrected chi connectivity index (χ3v) is 5.96. The van der Waals surface area contributed by atoms with E-state index in [4.69, 9.17) is 9.98 Å². The number of hydrogen-bond acceptors (Lipinski definition) is 4. The Balaban J connectivity index is 0.00000306. The second kappa shape index (κ2) is 12.1. The fourth-order valence-electron chi connectivity index (χ4n) is 4.19. The molecule has 4 rings (SSSR count). The third-order valence-electron chi connectivity index (χ3n) is 5.96. The molecule has 0 unspecified atom stereocenters. The molecule has 176 valence electrons. The Kier molecular flexibility index (Phi) is 9.17. The zero-order valence-electron chi connectivity index (χ0n) is 19.8. The fraction of sp³-hybridized carbons (Fsp3) is 0.385. The number of aromatic nitrogens is 1. The number of piperidine rings is 1. The van der Waals surface area contributed by atoms with Gasteiger partial charge in [-0.15, -0.1) is 24.0 Å². The highest BCUT2D eigenvalue weighted by Gasteiger charge is 2.20. The summed E-state index contributed by atoms with van der Waals surface area (Å²) in [6, 6.07) is 21.6. The number of halogens is 1. The van der Waals surface area contributed by atoms with Crippen molar-refractivity contribution in [3.05, 3.63) is 66.2 Å². The van der Waals surface area contributed by atoms with E-state index in [2.05, 4.69) is 77.1 Å². The molecular formula is C26H35IN6. The summed E-state index contributed by atoms with van der Waals surface area (Å²) in [7, 11) is 4.05. The summed E-state index contributed by atoms with van der Waals surface area (Å²) < 4.78 is 0. The number of nitrogens with one attached hydrogen (secondary N) is 2. The summed E-state index contributed by atoms with van der Waals surface area (Å²) in [6.07, 6.45) is 2.20.